The summed E-state index contributed by atoms with van der Waals surface area (Å²) in [5, 5.41) is 0. The van der Waals surface area contributed by atoms with Gasteiger partial charge in [0, 0.05) is 12.5 Å². The normalized spacial score (nSPS) is 35.6. The van der Waals surface area contributed by atoms with Gasteiger partial charge in [-0.3, -0.25) is 0 Å². The van der Waals surface area contributed by atoms with Crippen molar-refractivity contribution in [2.45, 2.75) is 31.9 Å². The molecule has 3 unspecified atom stereocenters. The van der Waals surface area contributed by atoms with Gasteiger partial charge in [0.2, 0.25) is 0 Å². The molecule has 2 saturated carbocycles. The van der Waals surface area contributed by atoms with Gasteiger partial charge in [-0.2, -0.15) is 0 Å². The second-order valence-corrected chi connectivity index (χ2v) is 4.62. The van der Waals surface area contributed by atoms with E-state index in [0.717, 1.165) is 25.4 Å². The molecule has 2 aliphatic carbocycles. The molecule has 0 aromatic heterocycles. The highest BCUT2D eigenvalue weighted by Crippen LogP contribution is 2.45. The second kappa shape index (κ2) is 4.43. The van der Waals surface area contributed by atoms with Crippen molar-refractivity contribution in [2.75, 3.05) is 13.2 Å². The number of hydrogen-bond donors (Lipinski definition) is 0. The molecule has 0 heterocycles. The standard InChI is InChI=1S/C12H19FO/c1-2-3-4-10-11(12(10)13)8-14-7-9-5-6-9/h2,9-12H,1,3-8H2. The molecule has 2 aliphatic rings. The van der Waals surface area contributed by atoms with Crippen LogP contribution < -0.4 is 0 Å². The minimum Gasteiger partial charge on any atom is -0.381 e. The van der Waals surface area contributed by atoms with Crippen LogP contribution >= 0.6 is 0 Å². The molecular formula is C12H19FO. The molecule has 14 heavy (non-hydrogen) atoms. The SMILES string of the molecule is C=CCCC1C(F)C1COCC1CC1. The lowest BCUT2D eigenvalue weighted by atomic mass is 10.2. The zero-order valence-electron chi connectivity index (χ0n) is 8.62. The van der Waals surface area contributed by atoms with Gasteiger partial charge in [0.15, 0.2) is 0 Å². The van der Waals surface area contributed by atoms with E-state index in [2.05, 4.69) is 6.58 Å². The smallest absolute Gasteiger partial charge is 0.109 e. The molecule has 0 bridgehead atoms. The maximum Gasteiger partial charge on any atom is 0.109 e. The van der Waals surface area contributed by atoms with Crippen molar-refractivity contribution in [3.63, 3.8) is 0 Å². The van der Waals surface area contributed by atoms with E-state index in [1.54, 1.807) is 0 Å². The van der Waals surface area contributed by atoms with Crippen LogP contribution in [0, 0.1) is 17.8 Å². The van der Waals surface area contributed by atoms with Gasteiger partial charge in [-0.1, -0.05) is 6.08 Å². The average molecular weight is 198 g/mol. The molecule has 0 radical (unpaired) electrons. The van der Waals surface area contributed by atoms with Crippen molar-refractivity contribution in [3.8, 4) is 0 Å². The second-order valence-electron chi connectivity index (χ2n) is 4.62. The quantitative estimate of drug-likeness (QED) is 0.571. The van der Waals surface area contributed by atoms with Crippen molar-refractivity contribution in [3.05, 3.63) is 12.7 Å². The number of ether oxygens (including phenoxy) is 1. The molecule has 1 nitrogen and oxygen atoms in total. The Kier molecular flexibility index (Phi) is 3.22. The first-order valence-electron chi connectivity index (χ1n) is 5.65. The largest absolute Gasteiger partial charge is 0.381 e. The van der Waals surface area contributed by atoms with Crippen molar-refractivity contribution in [1.29, 1.82) is 0 Å². The minimum atomic E-state index is -0.603. The predicted octanol–water partition coefficient (Wildman–Crippen LogP) is 2.96. The van der Waals surface area contributed by atoms with E-state index >= 15 is 0 Å². The first-order chi connectivity index (χ1) is 6.83. The third kappa shape index (κ3) is 2.57. The summed E-state index contributed by atoms with van der Waals surface area (Å²) in [6.07, 6.45) is 5.77. The fourth-order valence-corrected chi connectivity index (χ4v) is 1.95. The van der Waals surface area contributed by atoms with Crippen molar-refractivity contribution < 1.29 is 9.13 Å². The molecule has 0 aromatic carbocycles. The Bertz CT molecular complexity index is 200. The van der Waals surface area contributed by atoms with Crippen LogP contribution in [-0.4, -0.2) is 19.4 Å². The Labute approximate surface area is 85.3 Å². The van der Waals surface area contributed by atoms with Crippen LogP contribution in [0.3, 0.4) is 0 Å². The monoisotopic (exact) mass is 198 g/mol. The zero-order chi connectivity index (χ0) is 9.97. The molecule has 0 saturated heterocycles. The van der Waals surface area contributed by atoms with Crippen LogP contribution in [0.5, 0.6) is 0 Å². The zero-order valence-corrected chi connectivity index (χ0v) is 8.62. The molecule has 0 spiro atoms. The summed E-state index contributed by atoms with van der Waals surface area (Å²) >= 11 is 0. The highest BCUT2D eigenvalue weighted by atomic mass is 19.1. The van der Waals surface area contributed by atoms with Gasteiger partial charge in [-0.05, 0) is 37.5 Å². The van der Waals surface area contributed by atoms with Crippen molar-refractivity contribution in [1.82, 2.24) is 0 Å². The molecule has 0 aromatic rings. The fourth-order valence-electron chi connectivity index (χ4n) is 1.95. The summed E-state index contributed by atoms with van der Waals surface area (Å²) in [5.74, 6) is 1.24. The van der Waals surface area contributed by atoms with Gasteiger partial charge in [-0.15, -0.1) is 6.58 Å². The van der Waals surface area contributed by atoms with E-state index in [-0.39, 0.29) is 11.8 Å². The van der Waals surface area contributed by atoms with E-state index in [1.807, 2.05) is 6.08 Å². The fraction of sp³-hybridized carbons (Fsp3) is 0.833. The third-order valence-electron chi connectivity index (χ3n) is 3.29. The summed E-state index contributed by atoms with van der Waals surface area (Å²) < 4.78 is 18.7. The van der Waals surface area contributed by atoms with Crippen molar-refractivity contribution in [2.24, 2.45) is 17.8 Å². The van der Waals surface area contributed by atoms with Gasteiger partial charge in [0.25, 0.3) is 0 Å². The number of alkyl halides is 1. The molecular weight excluding hydrogens is 179 g/mol. The van der Waals surface area contributed by atoms with Gasteiger partial charge >= 0.3 is 0 Å². The lowest BCUT2D eigenvalue weighted by molar-refractivity contribution is 0.107. The van der Waals surface area contributed by atoms with Crippen LogP contribution in [0.1, 0.15) is 25.7 Å². The highest BCUT2D eigenvalue weighted by Gasteiger charge is 2.50. The van der Waals surface area contributed by atoms with Gasteiger partial charge in [0.1, 0.15) is 6.17 Å². The Hall–Kier alpha value is -0.370. The van der Waals surface area contributed by atoms with E-state index in [4.69, 9.17) is 4.74 Å². The van der Waals surface area contributed by atoms with Crippen LogP contribution in [0.15, 0.2) is 12.7 Å². The average Bonchev–Trinajstić information content (AvgIpc) is 3.06. The number of allylic oxidation sites excluding steroid dienone is 1. The summed E-state index contributed by atoms with van der Waals surface area (Å²) in [7, 11) is 0. The number of halogens is 1. The van der Waals surface area contributed by atoms with Gasteiger partial charge in [-0.25, -0.2) is 4.39 Å². The predicted molar refractivity (Wildman–Crippen MR) is 54.9 cm³/mol. The van der Waals surface area contributed by atoms with Crippen LogP contribution in [0.25, 0.3) is 0 Å². The maximum atomic E-state index is 13.2. The molecule has 0 N–H and O–H groups in total. The topological polar surface area (TPSA) is 9.23 Å². The summed E-state index contributed by atoms with van der Waals surface area (Å²) in [6, 6.07) is 0. The Morgan fingerprint density at radius 3 is 2.71 bits per heavy atom. The van der Waals surface area contributed by atoms with Crippen LogP contribution in [0.2, 0.25) is 0 Å². The van der Waals surface area contributed by atoms with E-state index in [0.29, 0.717) is 6.61 Å². The molecule has 0 aliphatic heterocycles. The number of rotatable bonds is 7. The molecule has 0 amide bonds. The van der Waals surface area contributed by atoms with Crippen molar-refractivity contribution >= 4 is 0 Å². The maximum absolute atomic E-state index is 13.2. The first kappa shape index (κ1) is 10.2. The first-order valence-corrected chi connectivity index (χ1v) is 5.65. The molecule has 2 fully saturated rings. The van der Waals surface area contributed by atoms with Gasteiger partial charge < -0.3 is 4.74 Å². The summed E-state index contributed by atoms with van der Waals surface area (Å²) in [5.41, 5.74) is 0. The summed E-state index contributed by atoms with van der Waals surface area (Å²) in [6.45, 7) is 5.15. The highest BCUT2D eigenvalue weighted by molar-refractivity contribution is 4.98. The van der Waals surface area contributed by atoms with Gasteiger partial charge in [0.05, 0.1) is 6.61 Å². The lowest BCUT2D eigenvalue weighted by Crippen LogP contribution is -2.02. The molecule has 80 valence electrons. The minimum absolute atomic E-state index is 0.189. The Morgan fingerprint density at radius 1 is 1.29 bits per heavy atom. The van der Waals surface area contributed by atoms with Crippen LogP contribution in [0.4, 0.5) is 4.39 Å². The lowest BCUT2D eigenvalue weighted by Gasteiger charge is -2.00. The number of hydrogen-bond acceptors (Lipinski definition) is 1. The summed E-state index contributed by atoms with van der Waals surface area (Å²) in [4.78, 5) is 0. The van der Waals surface area contributed by atoms with E-state index < -0.39 is 6.17 Å². The third-order valence-corrected chi connectivity index (χ3v) is 3.29. The Balaban J connectivity index is 1.55. The molecule has 2 heteroatoms. The van der Waals surface area contributed by atoms with E-state index in [9.17, 15) is 4.39 Å². The van der Waals surface area contributed by atoms with E-state index in [1.165, 1.54) is 12.8 Å². The molecule has 2 rings (SSSR count). The Morgan fingerprint density at radius 2 is 2.07 bits per heavy atom. The van der Waals surface area contributed by atoms with Crippen LogP contribution in [-0.2, 0) is 4.74 Å². The molecule has 3 atom stereocenters.